The molecule has 0 atom stereocenters. The van der Waals surface area contributed by atoms with E-state index in [1.165, 1.54) is 6.33 Å². The molecule has 2 heterocycles. The third kappa shape index (κ3) is 5.31. The van der Waals surface area contributed by atoms with Crippen LogP contribution in [0.1, 0.15) is 20.3 Å². The molecular weight excluding hydrogens is 415 g/mol. The van der Waals surface area contributed by atoms with Crippen LogP contribution in [0.25, 0.3) is 10.9 Å². The van der Waals surface area contributed by atoms with Crippen LogP contribution >= 0.6 is 23.2 Å². The zero-order valence-corrected chi connectivity index (χ0v) is 17.9. The molecule has 0 amide bonds. The molecule has 0 fully saturated rings. The van der Waals surface area contributed by atoms with Crippen molar-refractivity contribution in [2.45, 2.75) is 26.4 Å². The number of alkyl halides is 1. The van der Waals surface area contributed by atoms with Crippen molar-refractivity contribution in [3.8, 4) is 17.2 Å². The summed E-state index contributed by atoms with van der Waals surface area (Å²) < 4.78 is 17.0. The molecule has 2 aromatic heterocycles. The number of rotatable bonds is 9. The van der Waals surface area contributed by atoms with Gasteiger partial charge in [-0.05, 0) is 20.3 Å². The number of nitrogens with one attached hydrogen (secondary N) is 1. The lowest BCUT2D eigenvalue weighted by molar-refractivity contribution is 0.243. The predicted molar refractivity (Wildman–Crippen MR) is 115 cm³/mol. The maximum absolute atomic E-state index is 6.24. The van der Waals surface area contributed by atoms with Crippen molar-refractivity contribution in [2.24, 2.45) is 0 Å². The highest BCUT2D eigenvalue weighted by molar-refractivity contribution is 6.32. The Morgan fingerprint density at radius 1 is 1.10 bits per heavy atom. The molecule has 0 aliphatic rings. The SMILES string of the molecule is COc1cnc(Cl)c(Nc2ncnc3cc(OCCCCl)cc(OC(C)C)c23)c1. The summed E-state index contributed by atoms with van der Waals surface area (Å²) in [5, 5.41) is 4.22. The number of pyridine rings is 1. The molecular formula is C20H22Cl2N4O3. The van der Waals surface area contributed by atoms with E-state index in [0.717, 1.165) is 6.42 Å². The molecule has 7 nitrogen and oxygen atoms in total. The van der Waals surface area contributed by atoms with Gasteiger partial charge in [0.05, 0.1) is 42.6 Å². The third-order valence-corrected chi connectivity index (χ3v) is 4.46. The lowest BCUT2D eigenvalue weighted by atomic mass is 10.2. The number of fused-ring (bicyclic) bond motifs is 1. The van der Waals surface area contributed by atoms with Gasteiger partial charge in [-0.1, -0.05) is 11.6 Å². The molecule has 0 saturated carbocycles. The van der Waals surface area contributed by atoms with Gasteiger partial charge in [-0.2, -0.15) is 0 Å². The maximum Gasteiger partial charge on any atom is 0.152 e. The molecule has 1 N–H and O–H groups in total. The number of methoxy groups -OCH3 is 1. The second-order valence-corrected chi connectivity index (χ2v) is 7.17. The Hall–Kier alpha value is -2.51. The van der Waals surface area contributed by atoms with Crippen LogP contribution in [0.15, 0.2) is 30.7 Å². The molecule has 0 unspecified atom stereocenters. The van der Waals surface area contributed by atoms with Crippen LogP contribution in [-0.4, -0.2) is 40.7 Å². The molecule has 0 bridgehead atoms. The number of benzene rings is 1. The Bertz CT molecular complexity index is 985. The molecule has 1 aromatic carbocycles. The first-order valence-electron chi connectivity index (χ1n) is 9.12. The molecule has 154 valence electrons. The molecule has 3 aromatic rings. The average Bonchev–Trinajstić information content (AvgIpc) is 2.69. The van der Waals surface area contributed by atoms with Crippen LogP contribution in [0.5, 0.6) is 17.2 Å². The summed E-state index contributed by atoms with van der Waals surface area (Å²) in [6, 6.07) is 5.42. The van der Waals surface area contributed by atoms with E-state index in [2.05, 4.69) is 20.3 Å². The molecule has 0 radical (unpaired) electrons. The van der Waals surface area contributed by atoms with E-state index in [0.29, 0.717) is 57.3 Å². The Kier molecular flexibility index (Phi) is 7.17. The normalized spacial score (nSPS) is 11.0. The summed E-state index contributed by atoms with van der Waals surface area (Å²) in [5.41, 5.74) is 1.23. The molecule has 29 heavy (non-hydrogen) atoms. The summed E-state index contributed by atoms with van der Waals surface area (Å²) in [6.45, 7) is 4.41. The zero-order chi connectivity index (χ0) is 20.8. The minimum Gasteiger partial charge on any atom is -0.495 e. The number of nitrogens with zero attached hydrogens (tertiary/aromatic N) is 3. The van der Waals surface area contributed by atoms with Crippen molar-refractivity contribution in [3.05, 3.63) is 35.9 Å². The number of hydrogen-bond donors (Lipinski definition) is 1. The Morgan fingerprint density at radius 3 is 2.66 bits per heavy atom. The van der Waals surface area contributed by atoms with Crippen molar-refractivity contribution in [1.82, 2.24) is 15.0 Å². The van der Waals surface area contributed by atoms with Gasteiger partial charge >= 0.3 is 0 Å². The van der Waals surface area contributed by atoms with Crippen LogP contribution in [-0.2, 0) is 0 Å². The second-order valence-electron chi connectivity index (χ2n) is 6.43. The molecule has 9 heteroatoms. The number of halogens is 2. The van der Waals surface area contributed by atoms with Crippen molar-refractivity contribution in [3.63, 3.8) is 0 Å². The van der Waals surface area contributed by atoms with Crippen molar-refractivity contribution in [1.29, 1.82) is 0 Å². The van der Waals surface area contributed by atoms with Crippen molar-refractivity contribution < 1.29 is 14.2 Å². The standard InChI is InChI=1S/C20H22Cl2N4O3/c1-12(2)29-17-9-13(28-6-4-5-21)7-15-18(17)20(25-11-24-15)26-16-8-14(27-3)10-23-19(16)22/h7-12H,4-6H2,1-3H3,(H,24,25,26). The molecule has 0 aliphatic heterocycles. The lowest BCUT2D eigenvalue weighted by Gasteiger charge is -2.17. The van der Waals surface area contributed by atoms with Crippen LogP contribution in [0.4, 0.5) is 11.5 Å². The molecule has 0 saturated heterocycles. The smallest absolute Gasteiger partial charge is 0.152 e. The van der Waals surface area contributed by atoms with Gasteiger partial charge in [0.15, 0.2) is 5.15 Å². The first-order valence-corrected chi connectivity index (χ1v) is 10.0. The number of hydrogen-bond acceptors (Lipinski definition) is 7. The zero-order valence-electron chi connectivity index (χ0n) is 16.4. The van der Waals surface area contributed by atoms with Crippen molar-refractivity contribution in [2.75, 3.05) is 24.9 Å². The third-order valence-electron chi connectivity index (χ3n) is 3.89. The number of aromatic nitrogens is 3. The highest BCUT2D eigenvalue weighted by Crippen LogP contribution is 2.37. The molecule has 0 spiro atoms. The van der Waals surface area contributed by atoms with Gasteiger partial charge in [0.1, 0.15) is 29.4 Å². The summed E-state index contributed by atoms with van der Waals surface area (Å²) in [6.07, 6.45) is 3.71. The van der Waals surface area contributed by atoms with Gasteiger partial charge in [-0.25, -0.2) is 15.0 Å². The summed E-state index contributed by atoms with van der Waals surface area (Å²) in [4.78, 5) is 12.9. The fourth-order valence-electron chi connectivity index (χ4n) is 2.65. The quantitative estimate of drug-likeness (QED) is 0.279. The van der Waals surface area contributed by atoms with E-state index in [9.17, 15) is 0 Å². The van der Waals surface area contributed by atoms with Gasteiger partial charge in [-0.3, -0.25) is 0 Å². The van der Waals surface area contributed by atoms with Gasteiger partial charge in [-0.15, -0.1) is 11.6 Å². The van der Waals surface area contributed by atoms with E-state index in [-0.39, 0.29) is 6.10 Å². The first-order chi connectivity index (χ1) is 14.0. The van der Waals surface area contributed by atoms with Crippen LogP contribution in [0.3, 0.4) is 0 Å². The molecule has 0 aliphatic carbocycles. The Labute approximate surface area is 179 Å². The maximum atomic E-state index is 6.24. The van der Waals surface area contributed by atoms with Gasteiger partial charge in [0, 0.05) is 24.1 Å². The van der Waals surface area contributed by atoms with E-state index < -0.39 is 0 Å². The predicted octanol–water partition coefficient (Wildman–Crippen LogP) is 5.23. The minimum absolute atomic E-state index is 0.0496. The fraction of sp³-hybridized carbons (Fsp3) is 0.350. The monoisotopic (exact) mass is 436 g/mol. The van der Waals surface area contributed by atoms with Gasteiger partial charge < -0.3 is 19.5 Å². The van der Waals surface area contributed by atoms with Gasteiger partial charge in [0.2, 0.25) is 0 Å². The number of anilines is 2. The van der Waals surface area contributed by atoms with Crippen LogP contribution in [0.2, 0.25) is 5.15 Å². The Morgan fingerprint density at radius 2 is 1.93 bits per heavy atom. The van der Waals surface area contributed by atoms with Crippen LogP contribution in [0, 0.1) is 0 Å². The van der Waals surface area contributed by atoms with E-state index in [4.69, 9.17) is 37.4 Å². The lowest BCUT2D eigenvalue weighted by Crippen LogP contribution is -2.08. The summed E-state index contributed by atoms with van der Waals surface area (Å²) in [7, 11) is 1.56. The van der Waals surface area contributed by atoms with E-state index >= 15 is 0 Å². The molecule has 3 rings (SSSR count). The van der Waals surface area contributed by atoms with Gasteiger partial charge in [0.25, 0.3) is 0 Å². The minimum atomic E-state index is -0.0496. The Balaban J connectivity index is 2.05. The van der Waals surface area contributed by atoms with E-state index in [1.54, 1.807) is 19.4 Å². The fourth-order valence-corrected chi connectivity index (χ4v) is 2.91. The highest BCUT2D eigenvalue weighted by atomic mass is 35.5. The first kappa shape index (κ1) is 21.2. The van der Waals surface area contributed by atoms with Crippen LogP contribution < -0.4 is 19.5 Å². The number of ether oxygens (including phenoxy) is 3. The summed E-state index contributed by atoms with van der Waals surface area (Å²) >= 11 is 12.0. The highest BCUT2D eigenvalue weighted by Gasteiger charge is 2.16. The van der Waals surface area contributed by atoms with Crippen molar-refractivity contribution >= 4 is 45.6 Å². The van der Waals surface area contributed by atoms with E-state index in [1.807, 2.05) is 26.0 Å². The topological polar surface area (TPSA) is 78.4 Å². The second kappa shape index (κ2) is 9.80. The average molecular weight is 437 g/mol. The largest absolute Gasteiger partial charge is 0.495 e. The summed E-state index contributed by atoms with van der Waals surface area (Å²) in [5.74, 6) is 2.91.